The average molecular weight is 260 g/mol. The monoisotopic (exact) mass is 260 g/mol. The minimum Gasteiger partial charge on any atom is -0.363 e. The van der Waals surface area contributed by atoms with E-state index in [2.05, 4.69) is 37.4 Å². The number of nitrogens with zero attached hydrogens (tertiary/aromatic N) is 1. The fourth-order valence-electron chi connectivity index (χ4n) is 1.76. The Morgan fingerprint density at radius 3 is 2.58 bits per heavy atom. The molecule has 3 nitrogen and oxygen atoms in total. The first-order valence-corrected chi connectivity index (χ1v) is 6.83. The lowest BCUT2D eigenvalue weighted by Crippen LogP contribution is -2.34. The van der Waals surface area contributed by atoms with E-state index >= 15 is 0 Å². The number of ether oxygens (including phenoxy) is 1. The molecule has 0 aromatic heterocycles. The van der Waals surface area contributed by atoms with Gasteiger partial charge in [-0.3, -0.25) is 0 Å². The summed E-state index contributed by atoms with van der Waals surface area (Å²) < 4.78 is 5.61. The summed E-state index contributed by atoms with van der Waals surface area (Å²) in [5.41, 5.74) is 1.31. The van der Waals surface area contributed by atoms with Crippen molar-refractivity contribution in [1.82, 2.24) is 5.32 Å². The third kappa shape index (κ3) is 6.37. The Morgan fingerprint density at radius 1 is 1.32 bits per heavy atom. The third-order valence-electron chi connectivity index (χ3n) is 2.97. The molecule has 19 heavy (non-hydrogen) atoms. The van der Waals surface area contributed by atoms with Gasteiger partial charge in [0.25, 0.3) is 0 Å². The Labute approximate surface area is 116 Å². The molecule has 1 unspecified atom stereocenters. The van der Waals surface area contributed by atoms with Crippen LogP contribution in [0.3, 0.4) is 0 Å². The Bertz CT molecular complexity index is 395. The van der Waals surface area contributed by atoms with E-state index in [1.165, 1.54) is 5.56 Å². The summed E-state index contributed by atoms with van der Waals surface area (Å²) in [7, 11) is 0. The molecule has 0 aliphatic rings. The zero-order valence-electron chi connectivity index (χ0n) is 12.1. The summed E-state index contributed by atoms with van der Waals surface area (Å²) in [4.78, 5) is 0. The normalized spacial score (nSPS) is 12.9. The number of benzene rings is 1. The van der Waals surface area contributed by atoms with Crippen LogP contribution in [-0.4, -0.2) is 19.3 Å². The van der Waals surface area contributed by atoms with Crippen molar-refractivity contribution in [3.05, 3.63) is 35.9 Å². The molecule has 0 saturated carbocycles. The lowest BCUT2D eigenvalue weighted by atomic mass is 9.94. The van der Waals surface area contributed by atoms with Crippen LogP contribution in [0.4, 0.5) is 0 Å². The Hall–Kier alpha value is -1.37. The van der Waals surface area contributed by atoms with E-state index in [-0.39, 0.29) is 11.5 Å². The summed E-state index contributed by atoms with van der Waals surface area (Å²) in [6.45, 7) is 8.59. The molecular formula is C16H24N2O. The third-order valence-corrected chi connectivity index (χ3v) is 2.97. The van der Waals surface area contributed by atoms with Crippen molar-refractivity contribution in [2.24, 2.45) is 5.41 Å². The first-order chi connectivity index (χ1) is 9.07. The number of rotatable bonds is 8. The minimum absolute atomic E-state index is 0.0268. The molecule has 0 bridgehead atoms. The lowest BCUT2D eigenvalue weighted by molar-refractivity contribution is 0.0285. The van der Waals surface area contributed by atoms with E-state index in [9.17, 15) is 0 Å². The van der Waals surface area contributed by atoms with Gasteiger partial charge in [0.15, 0.2) is 0 Å². The summed E-state index contributed by atoms with van der Waals surface area (Å²) in [5, 5.41) is 12.3. The largest absolute Gasteiger partial charge is 0.363 e. The molecule has 3 heteroatoms. The van der Waals surface area contributed by atoms with Crippen LogP contribution in [0, 0.1) is 16.7 Å². The van der Waals surface area contributed by atoms with Gasteiger partial charge in [-0.2, -0.15) is 5.26 Å². The van der Waals surface area contributed by atoms with Crippen LogP contribution in [0.5, 0.6) is 0 Å². The average Bonchev–Trinajstić information content (AvgIpc) is 2.41. The van der Waals surface area contributed by atoms with Gasteiger partial charge in [-0.05, 0) is 12.0 Å². The van der Waals surface area contributed by atoms with Gasteiger partial charge >= 0.3 is 0 Å². The second kappa shape index (κ2) is 7.93. The van der Waals surface area contributed by atoms with Crippen molar-refractivity contribution < 1.29 is 4.74 Å². The van der Waals surface area contributed by atoms with Gasteiger partial charge in [-0.1, -0.05) is 51.1 Å². The second-order valence-electron chi connectivity index (χ2n) is 5.59. The summed E-state index contributed by atoms with van der Waals surface area (Å²) in [6, 6.07) is 12.5. The van der Waals surface area contributed by atoms with Gasteiger partial charge < -0.3 is 10.1 Å². The Kier molecular flexibility index (Phi) is 6.55. The van der Waals surface area contributed by atoms with Gasteiger partial charge in [-0.25, -0.2) is 0 Å². The van der Waals surface area contributed by atoms with E-state index in [4.69, 9.17) is 10.00 Å². The van der Waals surface area contributed by atoms with Crippen molar-refractivity contribution >= 4 is 0 Å². The van der Waals surface area contributed by atoms with E-state index in [1.807, 2.05) is 25.1 Å². The lowest BCUT2D eigenvalue weighted by Gasteiger charge is -2.26. The van der Waals surface area contributed by atoms with Crippen molar-refractivity contribution in [1.29, 1.82) is 5.26 Å². The maximum Gasteiger partial charge on any atom is 0.143 e. The van der Waals surface area contributed by atoms with Crippen molar-refractivity contribution in [3.8, 4) is 6.07 Å². The highest BCUT2D eigenvalue weighted by molar-refractivity contribution is 5.14. The van der Waals surface area contributed by atoms with Crippen LogP contribution in [0.15, 0.2) is 30.3 Å². The SMILES string of the molecule is CCC(C#N)OCC(C)(C)CNCc1ccccc1. The molecule has 104 valence electrons. The maximum atomic E-state index is 8.86. The van der Waals surface area contributed by atoms with Crippen molar-refractivity contribution in [3.63, 3.8) is 0 Å². The molecule has 0 saturated heterocycles. The van der Waals surface area contributed by atoms with E-state index in [0.717, 1.165) is 19.5 Å². The highest BCUT2D eigenvalue weighted by atomic mass is 16.5. The number of nitrogens with one attached hydrogen (secondary N) is 1. The Balaban J connectivity index is 2.29. The molecule has 0 aliphatic heterocycles. The highest BCUT2D eigenvalue weighted by Crippen LogP contribution is 2.16. The van der Waals surface area contributed by atoms with Crippen LogP contribution in [0.1, 0.15) is 32.8 Å². The van der Waals surface area contributed by atoms with Crippen LogP contribution in [0.2, 0.25) is 0 Å². The van der Waals surface area contributed by atoms with Gasteiger partial charge in [0.2, 0.25) is 0 Å². The predicted molar refractivity (Wildman–Crippen MR) is 77.6 cm³/mol. The smallest absolute Gasteiger partial charge is 0.143 e. The van der Waals surface area contributed by atoms with Gasteiger partial charge in [0, 0.05) is 18.5 Å². The number of nitriles is 1. The predicted octanol–water partition coefficient (Wildman–Crippen LogP) is 3.12. The standard InChI is InChI=1S/C16H24N2O/c1-4-15(10-17)19-13-16(2,3)12-18-11-14-8-6-5-7-9-14/h5-9,15,18H,4,11-13H2,1-3H3. The van der Waals surface area contributed by atoms with Crippen LogP contribution >= 0.6 is 0 Å². The van der Waals surface area contributed by atoms with E-state index < -0.39 is 0 Å². The molecule has 1 atom stereocenters. The number of hydrogen-bond donors (Lipinski definition) is 1. The second-order valence-corrected chi connectivity index (χ2v) is 5.59. The first-order valence-electron chi connectivity index (χ1n) is 6.83. The van der Waals surface area contributed by atoms with Gasteiger partial charge in [0.1, 0.15) is 6.10 Å². The zero-order chi connectivity index (χ0) is 14.1. The molecule has 0 aliphatic carbocycles. The molecule has 1 N–H and O–H groups in total. The summed E-state index contributed by atoms with van der Waals surface area (Å²) in [5.74, 6) is 0. The summed E-state index contributed by atoms with van der Waals surface area (Å²) in [6.07, 6.45) is 0.456. The zero-order valence-corrected chi connectivity index (χ0v) is 12.1. The Morgan fingerprint density at radius 2 is 2.00 bits per heavy atom. The molecule has 0 spiro atoms. The van der Waals surface area contributed by atoms with E-state index in [1.54, 1.807) is 0 Å². The first kappa shape index (κ1) is 15.7. The molecular weight excluding hydrogens is 236 g/mol. The van der Waals surface area contributed by atoms with Gasteiger partial charge in [-0.15, -0.1) is 0 Å². The van der Waals surface area contributed by atoms with Crippen molar-refractivity contribution in [2.45, 2.75) is 39.8 Å². The quantitative estimate of drug-likeness (QED) is 0.781. The fraction of sp³-hybridized carbons (Fsp3) is 0.562. The van der Waals surface area contributed by atoms with Gasteiger partial charge in [0.05, 0.1) is 12.7 Å². The molecule has 1 aromatic carbocycles. The van der Waals surface area contributed by atoms with Crippen LogP contribution in [-0.2, 0) is 11.3 Å². The fourth-order valence-corrected chi connectivity index (χ4v) is 1.76. The molecule has 0 radical (unpaired) electrons. The van der Waals surface area contributed by atoms with Crippen LogP contribution < -0.4 is 5.32 Å². The maximum absolute atomic E-state index is 8.86. The molecule has 1 aromatic rings. The topological polar surface area (TPSA) is 45.0 Å². The molecule has 1 rings (SSSR count). The molecule has 0 fully saturated rings. The minimum atomic E-state index is -0.284. The van der Waals surface area contributed by atoms with Crippen molar-refractivity contribution in [2.75, 3.05) is 13.2 Å². The molecule has 0 heterocycles. The highest BCUT2D eigenvalue weighted by Gasteiger charge is 2.19. The number of hydrogen-bond acceptors (Lipinski definition) is 3. The molecule has 0 amide bonds. The van der Waals surface area contributed by atoms with Crippen LogP contribution in [0.25, 0.3) is 0 Å². The van der Waals surface area contributed by atoms with E-state index in [0.29, 0.717) is 6.61 Å². The summed E-state index contributed by atoms with van der Waals surface area (Å²) >= 11 is 0.